The van der Waals surface area contributed by atoms with E-state index in [-0.39, 0.29) is 17.1 Å². The van der Waals surface area contributed by atoms with Crippen molar-refractivity contribution in [3.8, 4) is 0 Å². The highest BCUT2D eigenvalue weighted by Gasteiger charge is 2.18. The minimum absolute atomic E-state index is 0.00358. The van der Waals surface area contributed by atoms with E-state index in [1.54, 1.807) is 23.6 Å². The van der Waals surface area contributed by atoms with E-state index in [2.05, 4.69) is 9.71 Å². The van der Waals surface area contributed by atoms with Gasteiger partial charge in [-0.3, -0.25) is 0 Å². The van der Waals surface area contributed by atoms with Crippen molar-refractivity contribution >= 4 is 16.0 Å². The molecule has 1 aromatic heterocycles. The van der Waals surface area contributed by atoms with Gasteiger partial charge in [0.15, 0.2) is 5.03 Å². The van der Waals surface area contributed by atoms with Gasteiger partial charge in [0.1, 0.15) is 5.82 Å². The summed E-state index contributed by atoms with van der Waals surface area (Å²) >= 11 is 0. The quantitative estimate of drug-likeness (QED) is 0.796. The number of rotatable bonds is 7. The fourth-order valence-corrected chi connectivity index (χ4v) is 3.23. The average Bonchev–Trinajstić information content (AvgIpc) is 2.89. The lowest BCUT2D eigenvalue weighted by Crippen LogP contribution is -2.26. The maximum atomic E-state index is 12.2. The van der Waals surface area contributed by atoms with Crippen LogP contribution in [-0.4, -0.2) is 35.6 Å². The number of hydrogen-bond donors (Lipinski definition) is 2. The monoisotopic (exact) mass is 337 g/mol. The summed E-state index contributed by atoms with van der Waals surface area (Å²) in [7, 11) is -3.67. The summed E-state index contributed by atoms with van der Waals surface area (Å²) < 4.78 is 28.6. The van der Waals surface area contributed by atoms with Gasteiger partial charge in [-0.25, -0.2) is 22.9 Å². The zero-order valence-electron chi connectivity index (χ0n) is 13.0. The van der Waals surface area contributed by atoms with Gasteiger partial charge in [0, 0.05) is 19.3 Å². The van der Waals surface area contributed by atoms with Crippen LogP contribution in [0.2, 0.25) is 0 Å². The third-order valence-electron chi connectivity index (χ3n) is 3.45. The molecule has 0 saturated heterocycles. The van der Waals surface area contributed by atoms with Crippen LogP contribution in [0.25, 0.3) is 0 Å². The van der Waals surface area contributed by atoms with Crippen LogP contribution in [0, 0.1) is 6.92 Å². The van der Waals surface area contributed by atoms with Crippen molar-refractivity contribution in [1.82, 2.24) is 14.3 Å². The van der Waals surface area contributed by atoms with E-state index in [4.69, 9.17) is 5.11 Å². The smallest absolute Gasteiger partial charge is 0.335 e. The fourth-order valence-electron chi connectivity index (χ4n) is 2.19. The molecule has 0 aliphatic heterocycles. The number of benzene rings is 1. The molecule has 0 unspecified atom stereocenters. The van der Waals surface area contributed by atoms with Crippen LogP contribution in [0.1, 0.15) is 28.7 Å². The van der Waals surface area contributed by atoms with Gasteiger partial charge in [0.2, 0.25) is 0 Å². The Morgan fingerprint density at radius 2 is 2.13 bits per heavy atom. The second kappa shape index (κ2) is 6.93. The van der Waals surface area contributed by atoms with Gasteiger partial charge in [-0.2, -0.15) is 0 Å². The highest BCUT2D eigenvalue weighted by Crippen LogP contribution is 2.10. The summed E-state index contributed by atoms with van der Waals surface area (Å²) in [6, 6.07) is 6.43. The van der Waals surface area contributed by atoms with Gasteiger partial charge < -0.3 is 9.67 Å². The van der Waals surface area contributed by atoms with E-state index in [0.29, 0.717) is 18.8 Å². The maximum Gasteiger partial charge on any atom is 0.335 e. The molecule has 8 heteroatoms. The molecular weight excluding hydrogens is 318 g/mol. The van der Waals surface area contributed by atoms with Crippen LogP contribution in [0.5, 0.6) is 0 Å². The Morgan fingerprint density at radius 3 is 2.74 bits per heavy atom. The summed E-state index contributed by atoms with van der Waals surface area (Å²) in [5, 5.41) is 8.94. The van der Waals surface area contributed by atoms with E-state index in [9.17, 15) is 13.2 Å². The molecule has 0 fully saturated rings. The van der Waals surface area contributed by atoms with Gasteiger partial charge >= 0.3 is 5.97 Å². The molecule has 124 valence electrons. The van der Waals surface area contributed by atoms with E-state index in [0.717, 1.165) is 5.56 Å². The van der Waals surface area contributed by atoms with Gasteiger partial charge in [-0.1, -0.05) is 12.1 Å². The van der Waals surface area contributed by atoms with Crippen molar-refractivity contribution in [1.29, 1.82) is 0 Å². The number of carboxylic acids is 1. The maximum absolute atomic E-state index is 12.2. The number of nitrogens with zero attached hydrogens (tertiary/aromatic N) is 2. The molecule has 0 spiro atoms. The largest absolute Gasteiger partial charge is 0.478 e. The molecule has 23 heavy (non-hydrogen) atoms. The van der Waals surface area contributed by atoms with Crippen molar-refractivity contribution in [3.05, 3.63) is 47.4 Å². The predicted molar refractivity (Wildman–Crippen MR) is 84.9 cm³/mol. The molecular formula is C15H19N3O4S. The Balaban J connectivity index is 2.02. The number of carbonyl (C=O) groups is 1. The Morgan fingerprint density at radius 1 is 1.39 bits per heavy atom. The first kappa shape index (κ1) is 17.2. The molecule has 0 aliphatic rings. The minimum atomic E-state index is -3.67. The van der Waals surface area contributed by atoms with E-state index in [1.165, 1.54) is 18.3 Å². The SMILES string of the molecule is CCn1cc(S(=O)(=O)NCCc2cccc(C(=O)O)c2)nc1C. The van der Waals surface area contributed by atoms with E-state index >= 15 is 0 Å². The predicted octanol–water partition coefficient (Wildman–Crippen LogP) is 1.43. The number of carboxylic acid groups (broad SMARTS) is 1. The summed E-state index contributed by atoms with van der Waals surface area (Å²) in [4.78, 5) is 15.0. The third kappa shape index (κ3) is 4.17. The second-order valence-electron chi connectivity index (χ2n) is 5.07. The molecule has 1 heterocycles. The summed E-state index contributed by atoms with van der Waals surface area (Å²) in [6.45, 7) is 4.48. The van der Waals surface area contributed by atoms with Crippen LogP contribution in [0.3, 0.4) is 0 Å². The van der Waals surface area contributed by atoms with Gasteiger partial charge in [0.05, 0.1) is 5.56 Å². The van der Waals surface area contributed by atoms with Crippen LogP contribution in [-0.2, 0) is 23.0 Å². The number of nitrogens with one attached hydrogen (secondary N) is 1. The lowest BCUT2D eigenvalue weighted by molar-refractivity contribution is 0.0696. The molecule has 0 aliphatic carbocycles. The first-order valence-electron chi connectivity index (χ1n) is 7.19. The van der Waals surface area contributed by atoms with E-state index in [1.807, 2.05) is 6.92 Å². The molecule has 2 rings (SSSR count). The minimum Gasteiger partial charge on any atom is -0.478 e. The Hall–Kier alpha value is -2.19. The number of imidazole rings is 1. The molecule has 2 N–H and O–H groups in total. The van der Waals surface area contributed by atoms with Crippen LogP contribution >= 0.6 is 0 Å². The lowest BCUT2D eigenvalue weighted by atomic mass is 10.1. The Labute approximate surface area is 135 Å². The highest BCUT2D eigenvalue weighted by molar-refractivity contribution is 7.89. The summed E-state index contributed by atoms with van der Waals surface area (Å²) in [5.74, 6) is -0.366. The summed E-state index contributed by atoms with van der Waals surface area (Å²) in [5.41, 5.74) is 0.936. The third-order valence-corrected chi connectivity index (χ3v) is 4.78. The molecule has 0 atom stereocenters. The number of hydrogen-bond acceptors (Lipinski definition) is 4. The number of aryl methyl sites for hydroxylation is 2. The zero-order chi connectivity index (χ0) is 17.0. The first-order chi connectivity index (χ1) is 10.8. The molecule has 1 aromatic carbocycles. The number of sulfonamides is 1. The number of aromatic carboxylic acids is 1. The molecule has 7 nitrogen and oxygen atoms in total. The van der Waals surface area contributed by atoms with E-state index < -0.39 is 16.0 Å². The fraction of sp³-hybridized carbons (Fsp3) is 0.333. The van der Waals surface area contributed by atoms with Crippen molar-refractivity contribution < 1.29 is 18.3 Å². The lowest BCUT2D eigenvalue weighted by Gasteiger charge is -2.05. The van der Waals surface area contributed by atoms with Crippen molar-refractivity contribution in [2.45, 2.75) is 31.8 Å². The van der Waals surface area contributed by atoms with Crippen molar-refractivity contribution in [3.63, 3.8) is 0 Å². The van der Waals surface area contributed by atoms with Gasteiger partial charge in [0.25, 0.3) is 10.0 Å². The molecule has 0 amide bonds. The second-order valence-corrected chi connectivity index (χ2v) is 6.78. The average molecular weight is 337 g/mol. The highest BCUT2D eigenvalue weighted by atomic mass is 32.2. The van der Waals surface area contributed by atoms with Gasteiger partial charge in [-0.05, 0) is 38.0 Å². The standard InChI is InChI=1S/C15H19N3O4S/c1-3-18-10-14(17-11(18)2)23(21,22)16-8-7-12-5-4-6-13(9-12)15(19)20/h4-6,9-10,16H,3,7-8H2,1-2H3,(H,19,20). The molecule has 2 aromatic rings. The topological polar surface area (TPSA) is 101 Å². The van der Waals surface area contributed by atoms with Crippen LogP contribution < -0.4 is 4.72 Å². The van der Waals surface area contributed by atoms with Crippen molar-refractivity contribution in [2.24, 2.45) is 0 Å². The Bertz CT molecular complexity index is 812. The Kier molecular flexibility index (Phi) is 5.17. The van der Waals surface area contributed by atoms with Crippen LogP contribution in [0.4, 0.5) is 0 Å². The first-order valence-corrected chi connectivity index (χ1v) is 8.67. The normalized spacial score (nSPS) is 11.6. The molecule has 0 bridgehead atoms. The van der Waals surface area contributed by atoms with Crippen LogP contribution in [0.15, 0.2) is 35.5 Å². The molecule has 0 radical (unpaired) electrons. The van der Waals surface area contributed by atoms with Gasteiger partial charge in [-0.15, -0.1) is 0 Å². The number of aromatic nitrogens is 2. The summed E-state index contributed by atoms with van der Waals surface area (Å²) in [6.07, 6.45) is 1.90. The molecule has 0 saturated carbocycles. The van der Waals surface area contributed by atoms with Crippen molar-refractivity contribution in [2.75, 3.05) is 6.54 Å². The zero-order valence-corrected chi connectivity index (χ0v) is 13.8.